The number of carbonyl (C=O) groups is 1. The van der Waals surface area contributed by atoms with Crippen molar-refractivity contribution in [2.75, 3.05) is 19.8 Å². The number of hydrogen-bond acceptors (Lipinski definition) is 13. The van der Waals surface area contributed by atoms with Gasteiger partial charge < -0.3 is 65.1 Å². The van der Waals surface area contributed by atoms with Gasteiger partial charge in [0.1, 0.15) is 48.8 Å². The topological polar surface area (TPSA) is 228 Å². The lowest BCUT2D eigenvalue weighted by Crippen LogP contribution is -2.65. The summed E-state index contributed by atoms with van der Waals surface area (Å²) in [4.78, 5) is 13.3. The van der Waals surface area contributed by atoms with Crippen molar-refractivity contribution in [1.29, 1.82) is 0 Å². The Morgan fingerprint density at radius 1 is 0.419 bits per heavy atom. The predicted molar refractivity (Wildman–Crippen MR) is 350 cm³/mol. The van der Waals surface area contributed by atoms with Gasteiger partial charge in [0.05, 0.1) is 32.0 Å². The van der Waals surface area contributed by atoms with Crippen LogP contribution in [-0.2, 0) is 23.7 Å². The second-order valence-corrected chi connectivity index (χ2v) is 24.6. The Hall–Kier alpha value is -2.57. The molecule has 0 aromatic rings. The summed E-state index contributed by atoms with van der Waals surface area (Å²) in [5, 5.41) is 87.4. The van der Waals surface area contributed by atoms with Crippen LogP contribution in [-0.4, -0.2) is 140 Å². The van der Waals surface area contributed by atoms with Crippen LogP contribution in [0.1, 0.15) is 284 Å². The fraction of sp³-hybridized carbons (Fsp3) is 0.819. The molecule has 12 unspecified atom stereocenters. The second kappa shape index (κ2) is 56.4. The van der Waals surface area contributed by atoms with Crippen LogP contribution >= 0.6 is 0 Å². The number of ether oxygens (including phenoxy) is 4. The zero-order valence-electron chi connectivity index (χ0n) is 54.3. The van der Waals surface area contributed by atoms with Gasteiger partial charge in [-0.1, -0.05) is 267 Å². The summed E-state index contributed by atoms with van der Waals surface area (Å²) < 4.78 is 22.8. The summed E-state index contributed by atoms with van der Waals surface area (Å²) in [6.45, 7) is 2.79. The summed E-state index contributed by atoms with van der Waals surface area (Å²) >= 11 is 0. The molecule has 0 aromatic carbocycles. The molecule has 9 N–H and O–H groups in total. The molecule has 14 nitrogen and oxygen atoms in total. The highest BCUT2D eigenvalue weighted by Gasteiger charge is 2.51. The number of amides is 1. The molecule has 2 rings (SSSR count). The fourth-order valence-corrected chi connectivity index (χ4v) is 11.2. The Morgan fingerprint density at radius 3 is 1.22 bits per heavy atom. The first-order chi connectivity index (χ1) is 42.1. The van der Waals surface area contributed by atoms with Crippen molar-refractivity contribution in [3.05, 3.63) is 72.9 Å². The van der Waals surface area contributed by atoms with Gasteiger partial charge in [-0.3, -0.25) is 4.79 Å². The molecule has 1 amide bonds. The molecule has 2 fully saturated rings. The minimum Gasteiger partial charge on any atom is -0.394 e. The average Bonchev–Trinajstić information content (AvgIpc) is 2.54. The van der Waals surface area contributed by atoms with Crippen LogP contribution in [0.2, 0.25) is 0 Å². The summed E-state index contributed by atoms with van der Waals surface area (Å²) in [5.41, 5.74) is 0. The molecule has 500 valence electrons. The molecule has 2 saturated heterocycles. The number of rotatable bonds is 57. The number of aliphatic hydroxyl groups excluding tert-OH is 8. The van der Waals surface area contributed by atoms with Crippen molar-refractivity contribution < 1.29 is 64.6 Å². The molecule has 0 spiro atoms. The number of unbranched alkanes of at least 4 members (excludes halogenated alkanes) is 34. The largest absolute Gasteiger partial charge is 0.394 e. The van der Waals surface area contributed by atoms with Crippen LogP contribution in [0.5, 0.6) is 0 Å². The molecule has 2 aliphatic rings. The van der Waals surface area contributed by atoms with E-state index in [1.54, 1.807) is 6.08 Å². The van der Waals surface area contributed by atoms with Gasteiger partial charge in [0.2, 0.25) is 5.91 Å². The van der Waals surface area contributed by atoms with E-state index in [4.69, 9.17) is 18.9 Å². The van der Waals surface area contributed by atoms with Crippen LogP contribution in [0.15, 0.2) is 72.9 Å². The first-order valence-electron chi connectivity index (χ1n) is 35.2. The van der Waals surface area contributed by atoms with Gasteiger partial charge in [0, 0.05) is 6.42 Å². The number of nitrogens with one attached hydrogen (secondary N) is 1. The SMILES string of the molecule is CCCCCCC/C=C\C/C=C\C/C=C\CCCCCCCCCCCCC(=O)NC(COC1OC(CO)C(OC2OC(CO)C(O)C(O)C2O)C(O)C1O)C(O)/C=C/CC/C=C/CC/C=C/CCCCCCCCCCCCCCCCCCC. The minimum atomic E-state index is -1.80. The third kappa shape index (κ3) is 40.2. The van der Waals surface area contributed by atoms with Crippen LogP contribution < -0.4 is 5.32 Å². The van der Waals surface area contributed by atoms with Crippen molar-refractivity contribution in [2.24, 2.45) is 0 Å². The molecule has 0 radical (unpaired) electrons. The van der Waals surface area contributed by atoms with E-state index >= 15 is 0 Å². The van der Waals surface area contributed by atoms with E-state index in [2.05, 4.69) is 79.9 Å². The maximum Gasteiger partial charge on any atom is 0.220 e. The lowest BCUT2D eigenvalue weighted by atomic mass is 9.97. The summed E-state index contributed by atoms with van der Waals surface area (Å²) in [7, 11) is 0. The third-order valence-electron chi connectivity index (χ3n) is 16.8. The Balaban J connectivity index is 1.72. The van der Waals surface area contributed by atoms with Crippen molar-refractivity contribution in [3.8, 4) is 0 Å². The maximum atomic E-state index is 13.3. The molecule has 12 atom stereocenters. The second-order valence-electron chi connectivity index (χ2n) is 24.6. The van der Waals surface area contributed by atoms with Crippen molar-refractivity contribution in [1.82, 2.24) is 5.32 Å². The Labute approximate surface area is 523 Å². The molecular formula is C72H129NO13. The lowest BCUT2D eigenvalue weighted by molar-refractivity contribution is -0.359. The summed E-state index contributed by atoms with van der Waals surface area (Å²) in [6.07, 6.45) is 59.5. The highest BCUT2D eigenvalue weighted by Crippen LogP contribution is 2.30. The Morgan fingerprint density at radius 2 is 0.779 bits per heavy atom. The Bertz CT molecular complexity index is 1720. The van der Waals surface area contributed by atoms with Crippen molar-refractivity contribution in [3.63, 3.8) is 0 Å². The van der Waals surface area contributed by atoms with Gasteiger partial charge in [0.15, 0.2) is 12.6 Å². The number of allylic oxidation sites excluding steroid dienone is 11. The number of aliphatic hydroxyl groups is 8. The van der Waals surface area contributed by atoms with Gasteiger partial charge in [-0.15, -0.1) is 0 Å². The van der Waals surface area contributed by atoms with Gasteiger partial charge >= 0.3 is 0 Å². The zero-order chi connectivity index (χ0) is 62.3. The average molecular weight is 1220 g/mol. The van der Waals surface area contributed by atoms with E-state index in [-0.39, 0.29) is 18.9 Å². The first kappa shape index (κ1) is 79.5. The minimum absolute atomic E-state index is 0.257. The van der Waals surface area contributed by atoms with E-state index in [0.29, 0.717) is 12.8 Å². The standard InChI is InChI=1S/C72H129NO13/c1-3-5-7-9-11-13-15-17-19-21-23-25-27-29-30-32-33-35-37-39-41-43-45-47-49-51-53-55-61(76)60(59-83-71-69(82)67(80)70(63(58-75)85-71)86-72-68(81)66(79)65(78)62(57-74)84-72)73-64(77)56-54-52-50-48-46-44-42-40-38-36-34-31-28-26-24-22-20-18-16-14-12-10-8-6-4-2/h16,18,22,24,28,31,37,39,45,47,53,55,60-63,65-72,74-76,78-82H,3-15,17,19-21,23,25-27,29-30,32-36,38,40-44,46,48-52,54,56-59H2,1-2H3,(H,73,77)/b18-16-,24-22-,31-28-,39-37+,47-45+,55-53+. The van der Waals surface area contributed by atoms with E-state index in [0.717, 1.165) is 64.2 Å². The van der Waals surface area contributed by atoms with Crippen LogP contribution in [0.4, 0.5) is 0 Å². The number of carbonyl (C=O) groups excluding carboxylic acids is 1. The summed E-state index contributed by atoms with van der Waals surface area (Å²) in [6, 6.07) is -0.945. The normalized spacial score (nSPS) is 23.8. The van der Waals surface area contributed by atoms with E-state index < -0.39 is 86.8 Å². The smallest absolute Gasteiger partial charge is 0.220 e. The van der Waals surface area contributed by atoms with Crippen LogP contribution in [0.25, 0.3) is 0 Å². The van der Waals surface area contributed by atoms with Gasteiger partial charge in [-0.2, -0.15) is 0 Å². The molecule has 0 aliphatic carbocycles. The van der Waals surface area contributed by atoms with Crippen LogP contribution in [0, 0.1) is 0 Å². The summed E-state index contributed by atoms with van der Waals surface area (Å²) in [5.74, 6) is -0.257. The molecule has 14 heteroatoms. The molecule has 0 bridgehead atoms. The van der Waals surface area contributed by atoms with Gasteiger partial charge in [-0.05, 0) is 83.5 Å². The van der Waals surface area contributed by atoms with Crippen molar-refractivity contribution in [2.45, 2.75) is 357 Å². The third-order valence-corrected chi connectivity index (χ3v) is 16.8. The van der Waals surface area contributed by atoms with E-state index in [1.807, 2.05) is 6.08 Å². The van der Waals surface area contributed by atoms with Gasteiger partial charge in [-0.25, -0.2) is 0 Å². The Kier molecular flexibility index (Phi) is 52.2. The molecule has 0 saturated carbocycles. The van der Waals surface area contributed by atoms with Crippen molar-refractivity contribution >= 4 is 5.91 Å². The molecular weight excluding hydrogens is 1090 g/mol. The van der Waals surface area contributed by atoms with Gasteiger partial charge in [0.25, 0.3) is 0 Å². The van der Waals surface area contributed by atoms with E-state index in [9.17, 15) is 45.6 Å². The first-order valence-corrected chi connectivity index (χ1v) is 35.2. The maximum absolute atomic E-state index is 13.3. The zero-order valence-corrected chi connectivity index (χ0v) is 54.3. The predicted octanol–water partition coefficient (Wildman–Crippen LogP) is 14.2. The highest BCUT2D eigenvalue weighted by molar-refractivity contribution is 5.76. The lowest BCUT2D eigenvalue weighted by Gasteiger charge is -2.46. The van der Waals surface area contributed by atoms with E-state index in [1.165, 1.54) is 186 Å². The van der Waals surface area contributed by atoms with Crippen LogP contribution in [0.3, 0.4) is 0 Å². The monoisotopic (exact) mass is 1220 g/mol. The molecule has 2 heterocycles. The molecule has 2 aliphatic heterocycles. The molecule has 86 heavy (non-hydrogen) atoms. The highest BCUT2D eigenvalue weighted by atomic mass is 16.7. The molecule has 0 aromatic heterocycles. The fourth-order valence-electron chi connectivity index (χ4n) is 11.2. The quantitative estimate of drug-likeness (QED) is 0.0204. The number of hydrogen-bond donors (Lipinski definition) is 9.